The molecule has 0 aliphatic heterocycles. The molecule has 1 rings (SSSR count). The van der Waals surface area contributed by atoms with Crippen LogP contribution in [-0.2, 0) is 10.2 Å². The standard InChI is InChI=1S/C8H10FNO2S/c1-5-3-4-7(10)6(2)8(5)13(9,11)12/h3-4H,10H2,1-2H3. The zero-order valence-electron chi connectivity index (χ0n) is 7.33. The van der Waals surface area contributed by atoms with Crippen LogP contribution in [0.4, 0.5) is 9.57 Å². The van der Waals surface area contributed by atoms with Crippen molar-refractivity contribution in [2.45, 2.75) is 18.7 Å². The minimum atomic E-state index is -4.67. The number of anilines is 1. The van der Waals surface area contributed by atoms with Gasteiger partial charge in [-0.05, 0) is 31.0 Å². The molecule has 0 aliphatic carbocycles. The Hall–Kier alpha value is -1.10. The fourth-order valence-electron chi connectivity index (χ4n) is 1.22. The summed E-state index contributed by atoms with van der Waals surface area (Å²) in [6.45, 7) is 3.01. The van der Waals surface area contributed by atoms with Gasteiger partial charge in [-0.25, -0.2) is 0 Å². The van der Waals surface area contributed by atoms with Crippen molar-refractivity contribution in [3.8, 4) is 0 Å². The Bertz CT molecular complexity index is 440. The van der Waals surface area contributed by atoms with E-state index in [1.54, 1.807) is 6.07 Å². The summed E-state index contributed by atoms with van der Waals surface area (Å²) in [5.41, 5.74) is 6.37. The van der Waals surface area contributed by atoms with Gasteiger partial charge >= 0.3 is 10.2 Å². The minimum absolute atomic E-state index is 0.266. The summed E-state index contributed by atoms with van der Waals surface area (Å²) in [7, 11) is -4.67. The van der Waals surface area contributed by atoms with Crippen LogP contribution >= 0.6 is 0 Å². The van der Waals surface area contributed by atoms with Crippen LogP contribution in [0.15, 0.2) is 17.0 Å². The first-order valence-corrected chi connectivity index (χ1v) is 5.02. The molecule has 72 valence electrons. The van der Waals surface area contributed by atoms with Crippen molar-refractivity contribution >= 4 is 15.9 Å². The predicted molar refractivity (Wildman–Crippen MR) is 48.6 cm³/mol. The van der Waals surface area contributed by atoms with Crippen LogP contribution in [0.3, 0.4) is 0 Å². The van der Waals surface area contributed by atoms with Crippen molar-refractivity contribution in [3.63, 3.8) is 0 Å². The van der Waals surface area contributed by atoms with Gasteiger partial charge in [0.15, 0.2) is 0 Å². The lowest BCUT2D eigenvalue weighted by Crippen LogP contribution is -2.02. The number of halogens is 1. The molecule has 1 aromatic rings. The van der Waals surface area contributed by atoms with E-state index < -0.39 is 10.2 Å². The first-order chi connectivity index (χ1) is 5.84. The van der Waals surface area contributed by atoms with Crippen molar-refractivity contribution in [1.29, 1.82) is 0 Å². The van der Waals surface area contributed by atoms with Crippen molar-refractivity contribution in [2.24, 2.45) is 0 Å². The molecule has 0 saturated heterocycles. The Balaban J connectivity index is 3.62. The largest absolute Gasteiger partial charge is 0.398 e. The summed E-state index contributed by atoms with van der Waals surface area (Å²) in [6, 6.07) is 3.04. The van der Waals surface area contributed by atoms with Crippen LogP contribution in [0.25, 0.3) is 0 Å². The van der Waals surface area contributed by atoms with Crippen LogP contribution in [0.5, 0.6) is 0 Å². The van der Waals surface area contributed by atoms with Crippen LogP contribution < -0.4 is 5.73 Å². The summed E-state index contributed by atoms with van der Waals surface area (Å²) in [5.74, 6) is 0. The molecule has 0 radical (unpaired) electrons. The number of nitrogens with two attached hydrogens (primary N) is 1. The van der Waals surface area contributed by atoms with Crippen LogP contribution in [0, 0.1) is 13.8 Å². The topological polar surface area (TPSA) is 60.2 Å². The summed E-state index contributed by atoms with van der Waals surface area (Å²) < 4.78 is 34.1. The first-order valence-electron chi connectivity index (χ1n) is 3.64. The van der Waals surface area contributed by atoms with E-state index in [1.165, 1.54) is 19.9 Å². The van der Waals surface area contributed by atoms with E-state index in [2.05, 4.69) is 0 Å². The second kappa shape index (κ2) is 2.99. The van der Waals surface area contributed by atoms with E-state index in [0.29, 0.717) is 5.56 Å². The third-order valence-electron chi connectivity index (χ3n) is 1.89. The molecule has 0 bridgehead atoms. The van der Waals surface area contributed by atoms with E-state index in [9.17, 15) is 12.3 Å². The van der Waals surface area contributed by atoms with Crippen LogP contribution in [-0.4, -0.2) is 8.42 Å². The predicted octanol–water partition coefficient (Wildman–Crippen LogP) is 1.54. The molecule has 0 heterocycles. The van der Waals surface area contributed by atoms with E-state index in [-0.39, 0.29) is 16.1 Å². The Labute approximate surface area is 76.6 Å². The van der Waals surface area contributed by atoms with Gasteiger partial charge in [0, 0.05) is 5.69 Å². The van der Waals surface area contributed by atoms with Gasteiger partial charge in [-0.3, -0.25) is 0 Å². The van der Waals surface area contributed by atoms with E-state index in [0.717, 1.165) is 0 Å². The van der Waals surface area contributed by atoms with E-state index >= 15 is 0 Å². The van der Waals surface area contributed by atoms with Crippen molar-refractivity contribution in [1.82, 2.24) is 0 Å². The number of hydrogen-bond acceptors (Lipinski definition) is 3. The highest BCUT2D eigenvalue weighted by Crippen LogP contribution is 2.25. The molecular formula is C8H10FNO2S. The minimum Gasteiger partial charge on any atom is -0.398 e. The molecule has 0 amide bonds. The molecule has 1 aromatic carbocycles. The van der Waals surface area contributed by atoms with E-state index in [1.807, 2.05) is 0 Å². The fraction of sp³-hybridized carbons (Fsp3) is 0.250. The molecule has 0 fully saturated rings. The number of nitrogen functional groups attached to an aromatic ring is 1. The molecular weight excluding hydrogens is 193 g/mol. The van der Waals surface area contributed by atoms with Crippen molar-refractivity contribution in [3.05, 3.63) is 23.3 Å². The van der Waals surface area contributed by atoms with Gasteiger partial charge in [-0.2, -0.15) is 8.42 Å². The molecule has 2 N–H and O–H groups in total. The monoisotopic (exact) mass is 203 g/mol. The van der Waals surface area contributed by atoms with Crippen LogP contribution in [0.2, 0.25) is 0 Å². The van der Waals surface area contributed by atoms with Crippen molar-refractivity contribution in [2.75, 3.05) is 5.73 Å². The van der Waals surface area contributed by atoms with Gasteiger partial charge in [-0.15, -0.1) is 3.89 Å². The van der Waals surface area contributed by atoms with Gasteiger partial charge < -0.3 is 5.73 Å². The Morgan fingerprint density at radius 2 is 1.85 bits per heavy atom. The number of aryl methyl sites for hydroxylation is 1. The lowest BCUT2D eigenvalue weighted by molar-refractivity contribution is 0.551. The van der Waals surface area contributed by atoms with Gasteiger partial charge in [-0.1, -0.05) is 6.07 Å². The molecule has 0 aliphatic rings. The maximum Gasteiger partial charge on any atom is 0.332 e. The molecule has 3 nitrogen and oxygen atoms in total. The normalized spacial score (nSPS) is 11.6. The van der Waals surface area contributed by atoms with Crippen molar-refractivity contribution < 1.29 is 12.3 Å². The number of benzene rings is 1. The lowest BCUT2D eigenvalue weighted by Gasteiger charge is -2.07. The molecule has 0 spiro atoms. The first kappa shape index (κ1) is 9.98. The van der Waals surface area contributed by atoms with Gasteiger partial charge in [0.1, 0.15) is 4.90 Å². The van der Waals surface area contributed by atoms with Crippen LogP contribution in [0.1, 0.15) is 11.1 Å². The summed E-state index contributed by atoms with van der Waals surface area (Å²) >= 11 is 0. The lowest BCUT2D eigenvalue weighted by atomic mass is 10.1. The van der Waals surface area contributed by atoms with Gasteiger partial charge in [0.05, 0.1) is 0 Å². The molecule has 0 atom stereocenters. The zero-order chi connectivity index (χ0) is 10.2. The highest BCUT2D eigenvalue weighted by Gasteiger charge is 2.19. The SMILES string of the molecule is Cc1ccc(N)c(C)c1S(=O)(=O)F. The van der Waals surface area contributed by atoms with Gasteiger partial charge in [0.2, 0.25) is 0 Å². The fourth-order valence-corrected chi connectivity index (χ4v) is 2.15. The highest BCUT2D eigenvalue weighted by molar-refractivity contribution is 7.86. The third kappa shape index (κ3) is 1.80. The zero-order valence-corrected chi connectivity index (χ0v) is 8.15. The smallest absolute Gasteiger partial charge is 0.332 e. The Kier molecular flexibility index (Phi) is 2.30. The summed E-state index contributed by atoms with van der Waals surface area (Å²) in [4.78, 5) is -0.312. The number of rotatable bonds is 1. The number of hydrogen-bond donors (Lipinski definition) is 1. The molecule has 0 aromatic heterocycles. The highest BCUT2D eigenvalue weighted by atomic mass is 32.3. The second-order valence-electron chi connectivity index (χ2n) is 2.86. The summed E-state index contributed by atoms with van der Waals surface area (Å²) in [5, 5.41) is 0. The Morgan fingerprint density at radius 3 is 2.23 bits per heavy atom. The Morgan fingerprint density at radius 1 is 1.31 bits per heavy atom. The molecule has 0 unspecified atom stereocenters. The maximum absolute atomic E-state index is 12.7. The summed E-state index contributed by atoms with van der Waals surface area (Å²) in [6.07, 6.45) is 0. The molecule has 0 saturated carbocycles. The molecule has 13 heavy (non-hydrogen) atoms. The quantitative estimate of drug-likeness (QED) is 0.556. The third-order valence-corrected chi connectivity index (χ3v) is 3.00. The average Bonchev–Trinajstić information content (AvgIpc) is 1.95. The average molecular weight is 203 g/mol. The van der Waals surface area contributed by atoms with E-state index in [4.69, 9.17) is 5.73 Å². The van der Waals surface area contributed by atoms with Gasteiger partial charge in [0.25, 0.3) is 0 Å². The maximum atomic E-state index is 12.7. The molecule has 5 heteroatoms. The second-order valence-corrected chi connectivity index (χ2v) is 4.15.